The fourth-order valence-electron chi connectivity index (χ4n) is 3.76. The summed E-state index contributed by atoms with van der Waals surface area (Å²) in [6, 6.07) is 18.5. The van der Waals surface area contributed by atoms with Crippen LogP contribution >= 0.6 is 0 Å². The molecule has 1 amide bonds. The van der Waals surface area contributed by atoms with Gasteiger partial charge in [0.05, 0.1) is 12.7 Å². The van der Waals surface area contributed by atoms with Crippen LogP contribution in [0.5, 0.6) is 11.5 Å². The van der Waals surface area contributed by atoms with Gasteiger partial charge in [0.2, 0.25) is 0 Å². The Morgan fingerprint density at radius 2 is 1.61 bits per heavy atom. The van der Waals surface area contributed by atoms with Crippen molar-refractivity contribution in [3.63, 3.8) is 0 Å². The molecule has 0 aliphatic carbocycles. The normalized spacial score (nSPS) is 10.8. The number of benzene rings is 3. The summed E-state index contributed by atoms with van der Waals surface area (Å²) in [6.07, 6.45) is 0. The summed E-state index contributed by atoms with van der Waals surface area (Å²) in [4.78, 5) is 25.1. The molecule has 0 aliphatic rings. The molecule has 0 saturated heterocycles. The second-order valence-electron chi connectivity index (χ2n) is 7.89. The maximum Gasteiger partial charge on any atom is 0.344 e. The van der Waals surface area contributed by atoms with E-state index in [1.807, 2.05) is 75.4 Å². The maximum absolute atomic E-state index is 12.9. The molecular formula is C27H25NO5. The number of amides is 1. The van der Waals surface area contributed by atoms with E-state index in [9.17, 15) is 9.59 Å². The Hall–Kier alpha value is -4.06. The summed E-state index contributed by atoms with van der Waals surface area (Å²) < 4.78 is 16.6. The number of nitrogens with one attached hydrogen (secondary N) is 1. The molecule has 0 bridgehead atoms. The van der Waals surface area contributed by atoms with Gasteiger partial charge in [-0.1, -0.05) is 29.8 Å². The smallest absolute Gasteiger partial charge is 0.344 e. The lowest BCUT2D eigenvalue weighted by Gasteiger charge is -2.13. The van der Waals surface area contributed by atoms with Gasteiger partial charge < -0.3 is 19.2 Å². The second kappa shape index (κ2) is 9.20. The van der Waals surface area contributed by atoms with E-state index in [2.05, 4.69) is 5.32 Å². The van der Waals surface area contributed by atoms with Crippen molar-refractivity contribution in [3.05, 3.63) is 87.8 Å². The Bertz CT molecular complexity index is 1370. The van der Waals surface area contributed by atoms with Crippen LogP contribution in [0.3, 0.4) is 0 Å². The number of ether oxygens (including phenoxy) is 2. The first-order chi connectivity index (χ1) is 15.9. The van der Waals surface area contributed by atoms with Crippen molar-refractivity contribution in [2.75, 3.05) is 19.0 Å². The van der Waals surface area contributed by atoms with Gasteiger partial charge in [0.15, 0.2) is 6.61 Å². The van der Waals surface area contributed by atoms with Crippen LogP contribution in [0.15, 0.2) is 69.9 Å². The highest BCUT2D eigenvalue weighted by atomic mass is 16.5. The van der Waals surface area contributed by atoms with Crippen molar-refractivity contribution in [1.82, 2.24) is 0 Å². The van der Waals surface area contributed by atoms with Crippen molar-refractivity contribution in [2.24, 2.45) is 0 Å². The third-order valence-corrected chi connectivity index (χ3v) is 5.61. The van der Waals surface area contributed by atoms with E-state index in [0.29, 0.717) is 33.9 Å². The zero-order chi connectivity index (χ0) is 23.5. The number of aryl methyl sites for hydroxylation is 3. The third kappa shape index (κ3) is 4.60. The summed E-state index contributed by atoms with van der Waals surface area (Å²) in [5.41, 5.74) is 4.59. The molecule has 3 aromatic carbocycles. The summed E-state index contributed by atoms with van der Waals surface area (Å²) >= 11 is 0. The molecule has 1 heterocycles. The van der Waals surface area contributed by atoms with Crippen LogP contribution in [-0.2, 0) is 4.79 Å². The van der Waals surface area contributed by atoms with Crippen molar-refractivity contribution in [1.29, 1.82) is 0 Å². The van der Waals surface area contributed by atoms with Gasteiger partial charge in [0.25, 0.3) is 5.91 Å². The van der Waals surface area contributed by atoms with Crippen molar-refractivity contribution in [2.45, 2.75) is 20.8 Å². The zero-order valence-electron chi connectivity index (χ0n) is 19.0. The van der Waals surface area contributed by atoms with Crippen LogP contribution in [0, 0.1) is 20.8 Å². The lowest BCUT2D eigenvalue weighted by Crippen LogP contribution is -2.20. The highest BCUT2D eigenvalue weighted by Gasteiger charge is 2.17. The van der Waals surface area contributed by atoms with Gasteiger partial charge in [-0.15, -0.1) is 0 Å². The molecule has 0 unspecified atom stereocenters. The van der Waals surface area contributed by atoms with Gasteiger partial charge in [0, 0.05) is 16.6 Å². The summed E-state index contributed by atoms with van der Waals surface area (Å²) in [7, 11) is 1.60. The molecule has 6 nitrogen and oxygen atoms in total. The Morgan fingerprint density at radius 1 is 0.909 bits per heavy atom. The number of carbonyl (C=O) groups is 1. The Kier molecular flexibility index (Phi) is 6.18. The zero-order valence-corrected chi connectivity index (χ0v) is 19.0. The fourth-order valence-corrected chi connectivity index (χ4v) is 3.76. The van der Waals surface area contributed by atoms with E-state index in [1.165, 1.54) is 0 Å². The molecule has 0 radical (unpaired) electrons. The molecule has 33 heavy (non-hydrogen) atoms. The summed E-state index contributed by atoms with van der Waals surface area (Å²) in [5, 5.41) is 3.62. The van der Waals surface area contributed by atoms with Crippen molar-refractivity contribution >= 4 is 22.6 Å². The van der Waals surface area contributed by atoms with Crippen molar-refractivity contribution < 1.29 is 18.7 Å². The van der Waals surface area contributed by atoms with E-state index >= 15 is 0 Å². The van der Waals surface area contributed by atoms with Crippen LogP contribution in [0.1, 0.15) is 16.7 Å². The number of hydrogen-bond acceptors (Lipinski definition) is 5. The van der Waals surface area contributed by atoms with Crippen LogP contribution in [0.2, 0.25) is 0 Å². The van der Waals surface area contributed by atoms with Gasteiger partial charge in [-0.3, -0.25) is 4.79 Å². The summed E-state index contributed by atoms with van der Waals surface area (Å²) in [6.45, 7) is 5.53. The number of fused-ring (bicyclic) bond motifs is 1. The second-order valence-corrected chi connectivity index (χ2v) is 7.89. The topological polar surface area (TPSA) is 77.8 Å². The number of hydrogen-bond donors (Lipinski definition) is 1. The first kappa shape index (κ1) is 22.1. The molecule has 0 saturated carbocycles. The van der Waals surface area contributed by atoms with Gasteiger partial charge in [-0.05, 0) is 68.3 Å². The third-order valence-electron chi connectivity index (χ3n) is 5.61. The molecule has 0 spiro atoms. The van der Waals surface area contributed by atoms with E-state index in [4.69, 9.17) is 13.9 Å². The predicted molar refractivity (Wildman–Crippen MR) is 129 cm³/mol. The van der Waals surface area contributed by atoms with Crippen LogP contribution in [0.4, 0.5) is 5.69 Å². The highest BCUT2D eigenvalue weighted by Crippen LogP contribution is 2.32. The SMILES string of the molecule is COc1ccc(-c2c(C)c3ccc(OCC(=O)Nc4ccc(C)cc4)c(C)c3oc2=O)cc1. The minimum Gasteiger partial charge on any atom is -0.497 e. The molecule has 0 aliphatic heterocycles. The average molecular weight is 443 g/mol. The van der Waals surface area contributed by atoms with E-state index in [1.54, 1.807) is 13.2 Å². The molecule has 4 rings (SSSR count). The minimum atomic E-state index is -0.428. The predicted octanol–water partition coefficient (Wildman–Crippen LogP) is 5.41. The number of methoxy groups -OCH3 is 1. The van der Waals surface area contributed by atoms with Crippen molar-refractivity contribution in [3.8, 4) is 22.6 Å². The Morgan fingerprint density at radius 3 is 2.27 bits per heavy atom. The van der Waals surface area contributed by atoms with E-state index in [-0.39, 0.29) is 12.5 Å². The molecule has 6 heteroatoms. The lowest BCUT2D eigenvalue weighted by atomic mass is 9.98. The first-order valence-electron chi connectivity index (χ1n) is 10.6. The van der Waals surface area contributed by atoms with Crippen LogP contribution in [-0.4, -0.2) is 19.6 Å². The molecule has 1 N–H and O–H groups in total. The molecular weight excluding hydrogens is 418 g/mol. The average Bonchev–Trinajstić information content (AvgIpc) is 2.81. The number of anilines is 1. The Labute approximate surface area is 191 Å². The Balaban J connectivity index is 1.58. The van der Waals surface area contributed by atoms with Gasteiger partial charge in [0.1, 0.15) is 17.1 Å². The highest BCUT2D eigenvalue weighted by molar-refractivity contribution is 5.92. The molecule has 0 fully saturated rings. The van der Waals surface area contributed by atoms with E-state index in [0.717, 1.165) is 22.1 Å². The fraction of sp³-hybridized carbons (Fsp3) is 0.185. The monoisotopic (exact) mass is 443 g/mol. The molecule has 4 aromatic rings. The largest absolute Gasteiger partial charge is 0.497 e. The minimum absolute atomic E-state index is 0.159. The molecule has 168 valence electrons. The maximum atomic E-state index is 12.9. The molecule has 0 atom stereocenters. The standard InChI is InChI=1S/C27H25NO5/c1-16-5-9-20(10-6-16)28-24(29)15-32-23-14-13-22-17(2)25(27(30)33-26(22)18(23)3)19-7-11-21(31-4)12-8-19/h5-14H,15H2,1-4H3,(H,28,29). The van der Waals surface area contributed by atoms with E-state index < -0.39 is 5.63 Å². The van der Waals surface area contributed by atoms with Gasteiger partial charge >= 0.3 is 5.63 Å². The number of rotatable bonds is 6. The van der Waals surface area contributed by atoms with Gasteiger partial charge in [-0.25, -0.2) is 4.79 Å². The summed E-state index contributed by atoms with van der Waals surface area (Å²) in [5.74, 6) is 0.928. The van der Waals surface area contributed by atoms with Crippen LogP contribution < -0.4 is 20.4 Å². The van der Waals surface area contributed by atoms with Gasteiger partial charge in [-0.2, -0.15) is 0 Å². The van der Waals surface area contributed by atoms with Crippen LogP contribution in [0.25, 0.3) is 22.1 Å². The quantitative estimate of drug-likeness (QED) is 0.403. The molecule has 1 aromatic heterocycles. The number of carbonyl (C=O) groups excluding carboxylic acids is 1. The first-order valence-corrected chi connectivity index (χ1v) is 10.6. The lowest BCUT2D eigenvalue weighted by molar-refractivity contribution is -0.118.